The molecule has 12 nitrogen and oxygen atoms in total. The van der Waals surface area contributed by atoms with Crippen LogP contribution in [0.2, 0.25) is 0 Å². The second-order valence-electron chi connectivity index (χ2n) is 7.54. The largest absolute Gasteiger partial charge is 0.457 e. The van der Waals surface area contributed by atoms with Gasteiger partial charge in [-0.25, -0.2) is 9.59 Å². The summed E-state index contributed by atoms with van der Waals surface area (Å²) in [5.41, 5.74) is 12.7. The van der Waals surface area contributed by atoms with E-state index >= 15 is 0 Å². The van der Waals surface area contributed by atoms with Crippen molar-refractivity contribution in [3.63, 3.8) is 0 Å². The molecule has 0 rings (SSSR count). The third-order valence-electron chi connectivity index (χ3n) is 4.67. The number of carbonyl (C=O) groups is 6. The molecule has 0 atom stereocenters. The van der Waals surface area contributed by atoms with Crippen LogP contribution in [0.15, 0.2) is 0 Å². The zero-order valence-electron chi connectivity index (χ0n) is 18.2. The van der Waals surface area contributed by atoms with E-state index in [2.05, 4.69) is 9.58 Å². The Labute approximate surface area is 178 Å². The Morgan fingerprint density at radius 2 is 0.968 bits per heavy atom. The smallest absolute Gasteiger partial charge is 0.442 e. The van der Waals surface area contributed by atoms with E-state index in [0.717, 1.165) is 13.8 Å². The average molecular weight is 436 g/mol. The van der Waals surface area contributed by atoms with E-state index in [9.17, 15) is 28.8 Å². The Balaban J connectivity index is 4.82. The first-order chi connectivity index (χ1) is 14.2. The molecule has 31 heavy (non-hydrogen) atoms. The molecule has 0 amide bonds. The van der Waals surface area contributed by atoms with Crippen LogP contribution in [0.25, 0.3) is 11.1 Å². The van der Waals surface area contributed by atoms with Crippen LogP contribution >= 0.6 is 0 Å². The molecule has 0 heterocycles. The van der Waals surface area contributed by atoms with E-state index < -0.39 is 57.3 Å². The molecule has 0 aliphatic carbocycles. The standard InChI is InChI=1S/C19H24N4O8/c1-10(24)18(3,4)14(26)12(22-20)16(28)30-8-7-9-31-17(29)13(23-21)15(27)19(5,6)11(2)25/h7-9H2,1-6H3. The van der Waals surface area contributed by atoms with Gasteiger partial charge in [0.1, 0.15) is 11.6 Å². The predicted octanol–water partition coefficient (Wildman–Crippen LogP) is 0.173. The first-order valence-electron chi connectivity index (χ1n) is 9.06. The van der Waals surface area contributed by atoms with Gasteiger partial charge in [0.2, 0.25) is 0 Å². The van der Waals surface area contributed by atoms with Crippen LogP contribution in [0.3, 0.4) is 0 Å². The van der Waals surface area contributed by atoms with Crippen LogP contribution in [0.1, 0.15) is 48.0 Å². The van der Waals surface area contributed by atoms with E-state index in [1.54, 1.807) is 0 Å². The molecule has 0 bridgehead atoms. The first kappa shape index (κ1) is 27.4. The molecule has 0 radical (unpaired) electrons. The van der Waals surface area contributed by atoms with Gasteiger partial charge in [0.05, 0.1) is 24.0 Å². The number of carbonyl (C=O) groups excluding carboxylic acids is 6. The maximum absolute atomic E-state index is 12.2. The highest BCUT2D eigenvalue weighted by Crippen LogP contribution is 2.19. The molecule has 0 aromatic carbocycles. The van der Waals surface area contributed by atoms with Gasteiger partial charge < -0.3 is 20.5 Å². The molecule has 168 valence electrons. The second kappa shape index (κ2) is 11.0. The zero-order valence-corrected chi connectivity index (χ0v) is 18.2. The van der Waals surface area contributed by atoms with Gasteiger partial charge in [-0.3, -0.25) is 19.2 Å². The fourth-order valence-corrected chi connectivity index (χ4v) is 1.80. The number of esters is 2. The van der Waals surface area contributed by atoms with Gasteiger partial charge in [0.15, 0.2) is 0 Å². The third-order valence-corrected chi connectivity index (χ3v) is 4.67. The van der Waals surface area contributed by atoms with Gasteiger partial charge in [-0.2, -0.15) is 9.58 Å². The number of ether oxygens (including phenoxy) is 2. The van der Waals surface area contributed by atoms with Crippen LogP contribution in [0.4, 0.5) is 0 Å². The molecule has 0 saturated carbocycles. The normalized spacial score (nSPS) is 10.8. The van der Waals surface area contributed by atoms with Gasteiger partial charge in [0, 0.05) is 6.42 Å². The second-order valence-corrected chi connectivity index (χ2v) is 7.54. The SMILES string of the molecule is CC(=O)C(C)(C)C(=O)C(=[N+]=[N-])C(=O)OCCCOC(=O)C(=[N+]=[N-])C(=O)C(C)(C)C(C)=O. The molecular formula is C19H24N4O8. The van der Waals surface area contributed by atoms with Crippen molar-refractivity contribution in [1.29, 1.82) is 0 Å². The van der Waals surface area contributed by atoms with Gasteiger partial charge in [0.25, 0.3) is 11.6 Å². The van der Waals surface area contributed by atoms with E-state index in [0.29, 0.717) is 0 Å². The molecule has 0 aromatic heterocycles. The molecule has 0 fully saturated rings. The van der Waals surface area contributed by atoms with E-state index in [1.165, 1.54) is 27.7 Å². The number of Topliss-reactive ketones (excluding diaryl/α,β-unsaturated/α-hetero) is 4. The van der Waals surface area contributed by atoms with Crippen LogP contribution in [0.5, 0.6) is 0 Å². The van der Waals surface area contributed by atoms with E-state index in [1.807, 2.05) is 0 Å². The summed E-state index contributed by atoms with van der Waals surface area (Å²) in [6.07, 6.45) is -0.0938. The zero-order chi connectivity index (χ0) is 24.6. The molecule has 0 aliphatic heterocycles. The molecule has 0 aliphatic rings. The molecule has 0 N–H and O–H groups in total. The highest BCUT2D eigenvalue weighted by atomic mass is 16.5. The Morgan fingerprint density at radius 3 is 1.19 bits per heavy atom. The minimum atomic E-state index is -1.60. The fourth-order valence-electron chi connectivity index (χ4n) is 1.80. The van der Waals surface area contributed by atoms with Crippen molar-refractivity contribution in [1.82, 2.24) is 0 Å². The molecule has 0 unspecified atom stereocenters. The number of ketones is 4. The van der Waals surface area contributed by atoms with Crippen molar-refractivity contribution in [2.75, 3.05) is 13.2 Å². The fraction of sp³-hybridized carbons (Fsp3) is 0.579. The summed E-state index contributed by atoms with van der Waals surface area (Å²) in [4.78, 5) is 76.4. The van der Waals surface area contributed by atoms with Gasteiger partial charge in [-0.15, -0.1) is 0 Å². The lowest BCUT2D eigenvalue weighted by atomic mass is 9.82. The minimum Gasteiger partial charge on any atom is -0.457 e. The van der Waals surface area contributed by atoms with Crippen molar-refractivity contribution in [2.45, 2.75) is 48.0 Å². The molecule has 0 saturated heterocycles. The summed E-state index contributed by atoms with van der Waals surface area (Å²) < 4.78 is 9.50. The Morgan fingerprint density at radius 1 is 0.677 bits per heavy atom. The summed E-state index contributed by atoms with van der Waals surface area (Å²) in [5, 5.41) is 0. The number of hydrogen-bond acceptors (Lipinski definition) is 8. The van der Waals surface area contributed by atoms with Crippen molar-refractivity contribution in [3.8, 4) is 0 Å². The highest BCUT2D eigenvalue weighted by Gasteiger charge is 2.46. The van der Waals surface area contributed by atoms with Gasteiger partial charge in [-0.05, 0) is 41.5 Å². The number of hydrogen-bond donors (Lipinski definition) is 0. The first-order valence-corrected chi connectivity index (χ1v) is 9.06. The monoisotopic (exact) mass is 436 g/mol. The predicted molar refractivity (Wildman–Crippen MR) is 103 cm³/mol. The number of nitrogens with zero attached hydrogens (tertiary/aromatic N) is 4. The molecule has 0 aromatic rings. The Kier molecular flexibility index (Phi) is 9.68. The van der Waals surface area contributed by atoms with Crippen molar-refractivity contribution >= 4 is 46.5 Å². The quantitative estimate of drug-likeness (QED) is 0.103. The van der Waals surface area contributed by atoms with Crippen LogP contribution < -0.4 is 0 Å². The molecule has 12 heteroatoms. The summed E-state index contributed by atoms with van der Waals surface area (Å²) in [5.74, 6) is -5.75. The van der Waals surface area contributed by atoms with Crippen molar-refractivity contribution in [2.24, 2.45) is 10.8 Å². The maximum Gasteiger partial charge on any atom is 0.442 e. The lowest BCUT2D eigenvalue weighted by molar-refractivity contribution is -0.145. The minimum absolute atomic E-state index is 0.0938. The van der Waals surface area contributed by atoms with E-state index in [-0.39, 0.29) is 19.6 Å². The van der Waals surface area contributed by atoms with Crippen molar-refractivity contribution in [3.05, 3.63) is 11.1 Å². The Bertz CT molecular complexity index is 845. The number of rotatable bonds is 12. The maximum atomic E-state index is 12.2. The Hall–Kier alpha value is -3.62. The van der Waals surface area contributed by atoms with Crippen LogP contribution in [-0.2, 0) is 38.2 Å². The highest BCUT2D eigenvalue weighted by molar-refractivity contribution is 6.65. The molecular weight excluding hydrogens is 412 g/mol. The summed E-state index contributed by atoms with van der Waals surface area (Å²) >= 11 is 0. The lowest BCUT2D eigenvalue weighted by Gasteiger charge is -2.16. The van der Waals surface area contributed by atoms with Gasteiger partial charge in [-0.1, -0.05) is 0 Å². The van der Waals surface area contributed by atoms with Crippen molar-refractivity contribution < 1.29 is 47.8 Å². The summed E-state index contributed by atoms with van der Waals surface area (Å²) in [7, 11) is 0. The molecule has 0 spiro atoms. The van der Waals surface area contributed by atoms with Crippen LogP contribution in [0, 0.1) is 10.8 Å². The summed E-state index contributed by atoms with van der Waals surface area (Å²) in [6, 6.07) is 0. The summed E-state index contributed by atoms with van der Waals surface area (Å²) in [6.45, 7) is 6.54. The van der Waals surface area contributed by atoms with Gasteiger partial charge >= 0.3 is 23.4 Å². The topological polar surface area (TPSA) is 194 Å². The van der Waals surface area contributed by atoms with E-state index in [4.69, 9.17) is 20.5 Å². The third kappa shape index (κ3) is 6.70. The van der Waals surface area contributed by atoms with Crippen LogP contribution in [-0.4, -0.2) is 69.3 Å². The lowest BCUT2D eigenvalue weighted by Crippen LogP contribution is -2.42. The average Bonchev–Trinajstić information content (AvgIpc) is 2.68.